The first-order valence-electron chi connectivity index (χ1n) is 17.1. The van der Waals surface area contributed by atoms with E-state index in [4.69, 9.17) is 9.47 Å². The van der Waals surface area contributed by atoms with Crippen molar-refractivity contribution >= 4 is 11.6 Å². The SMILES string of the molecule is CC(C)(O)/C=C/C(=O)[C@](C)(O)[C@H]1[C@H](O)C[C@@]2(C)[C@@H]3CC=C4[C@@H](C[C@H](O[C@@H]5O[C@H](CO)[C@@H](O)[C@H](O)[C@H]5O)[C@H](O)C4(C)C)[C@]3(C)C(=O)C[C@]12C. The van der Waals surface area contributed by atoms with Crippen molar-refractivity contribution in [1.29, 1.82) is 0 Å². The lowest BCUT2D eigenvalue weighted by Crippen LogP contribution is -2.66. The van der Waals surface area contributed by atoms with Crippen LogP contribution in [0.5, 0.6) is 0 Å². The molecule has 0 aromatic rings. The van der Waals surface area contributed by atoms with Gasteiger partial charge >= 0.3 is 0 Å². The smallest absolute Gasteiger partial charge is 0.187 e. The molecular formula is C36H56O12. The summed E-state index contributed by atoms with van der Waals surface area (Å²) in [5.74, 6) is -2.47. The first kappa shape index (κ1) is 37.7. The van der Waals surface area contributed by atoms with Gasteiger partial charge in [0.15, 0.2) is 12.1 Å². The Morgan fingerprint density at radius 1 is 1.00 bits per heavy atom. The minimum atomic E-state index is -2.03. The maximum Gasteiger partial charge on any atom is 0.187 e. The number of rotatable bonds is 7. The van der Waals surface area contributed by atoms with E-state index in [0.717, 1.165) is 11.6 Å². The quantitative estimate of drug-likeness (QED) is 0.137. The van der Waals surface area contributed by atoms with Gasteiger partial charge in [0, 0.05) is 23.2 Å². The van der Waals surface area contributed by atoms with Crippen LogP contribution in [-0.2, 0) is 19.1 Å². The molecule has 0 unspecified atom stereocenters. The van der Waals surface area contributed by atoms with Crippen LogP contribution in [0.1, 0.15) is 81.1 Å². The summed E-state index contributed by atoms with van der Waals surface area (Å²) in [6, 6.07) is 0. The predicted octanol–water partition coefficient (Wildman–Crippen LogP) is 0.545. The highest BCUT2D eigenvalue weighted by Gasteiger charge is 2.74. The number of hydrogen-bond donors (Lipinski definition) is 8. The number of aliphatic hydroxyl groups excluding tert-OH is 6. The highest BCUT2D eigenvalue weighted by atomic mass is 16.7. The Bertz CT molecular complexity index is 1350. The van der Waals surface area contributed by atoms with Crippen LogP contribution in [0.2, 0.25) is 0 Å². The normalized spacial score (nSPS) is 48.7. The fraction of sp³-hybridized carbons (Fsp3) is 0.833. The van der Waals surface area contributed by atoms with Crippen molar-refractivity contribution in [1.82, 2.24) is 0 Å². The van der Waals surface area contributed by atoms with Gasteiger partial charge in [-0.3, -0.25) is 9.59 Å². The molecule has 15 atom stereocenters. The summed E-state index contributed by atoms with van der Waals surface area (Å²) >= 11 is 0. The van der Waals surface area contributed by atoms with Crippen LogP contribution in [0, 0.1) is 39.4 Å². The molecule has 1 aliphatic heterocycles. The van der Waals surface area contributed by atoms with Crippen LogP contribution in [-0.4, -0.2) is 119 Å². The molecule has 1 saturated heterocycles. The number of fused-ring (bicyclic) bond motifs is 5. The van der Waals surface area contributed by atoms with Crippen LogP contribution >= 0.6 is 0 Å². The van der Waals surface area contributed by atoms with Crippen molar-refractivity contribution in [2.24, 2.45) is 39.4 Å². The molecule has 0 spiro atoms. The van der Waals surface area contributed by atoms with Gasteiger partial charge in [-0.2, -0.15) is 0 Å². The van der Waals surface area contributed by atoms with Gasteiger partial charge in [-0.05, 0) is 68.8 Å². The van der Waals surface area contributed by atoms with Crippen LogP contribution in [0.25, 0.3) is 0 Å². The van der Waals surface area contributed by atoms with Gasteiger partial charge in [0.2, 0.25) is 0 Å². The average molecular weight is 681 g/mol. The second-order valence-electron chi connectivity index (χ2n) is 17.2. The lowest BCUT2D eigenvalue weighted by atomic mass is 9.38. The number of Topliss-reactive ketones (excluding diaryl/α,β-unsaturated/α-hetero) is 1. The monoisotopic (exact) mass is 680 g/mol. The van der Waals surface area contributed by atoms with Gasteiger partial charge in [-0.25, -0.2) is 0 Å². The Balaban J connectivity index is 1.50. The lowest BCUT2D eigenvalue weighted by molar-refractivity contribution is -0.323. The number of carbonyl (C=O) groups is 2. The first-order valence-corrected chi connectivity index (χ1v) is 17.1. The number of ether oxygens (including phenoxy) is 2. The summed E-state index contributed by atoms with van der Waals surface area (Å²) in [5, 5.41) is 86.2. The Morgan fingerprint density at radius 2 is 1.62 bits per heavy atom. The van der Waals surface area contributed by atoms with E-state index in [9.17, 15) is 50.4 Å². The van der Waals surface area contributed by atoms with Crippen LogP contribution < -0.4 is 0 Å². The van der Waals surface area contributed by atoms with E-state index in [1.807, 2.05) is 34.6 Å². The van der Waals surface area contributed by atoms with Gasteiger partial charge < -0.3 is 50.3 Å². The van der Waals surface area contributed by atoms with E-state index in [1.165, 1.54) is 26.8 Å². The standard InChI is InChI=1S/C36H56O12/c1-31(2,45)12-11-23(39)36(8,46)28-19(38)14-33(5)22-10-9-17-18(35(22,7)24(40)15-34(28,33)6)13-20(29(44)32(17,3)4)47-30-27(43)26(42)25(41)21(16-37)48-30/h9,11-12,18-22,25-30,37-38,41-46H,10,13-16H2,1-8H3/b12-11+/t18-,19-,20+,21-,22+,25-,26+,27-,28+,29+,30-,33+,34-,35+,36+/m1/s1. The zero-order valence-corrected chi connectivity index (χ0v) is 29.3. The van der Waals surface area contributed by atoms with Crippen molar-refractivity contribution in [3.05, 3.63) is 23.8 Å². The molecule has 0 aromatic carbocycles. The molecule has 4 aliphatic carbocycles. The van der Waals surface area contributed by atoms with Crippen molar-refractivity contribution in [2.45, 2.75) is 141 Å². The number of ketones is 2. The average Bonchev–Trinajstić information content (AvgIpc) is 3.19. The Hall–Kier alpha value is -1.58. The minimum Gasteiger partial charge on any atom is -0.394 e. The third-order valence-electron chi connectivity index (χ3n) is 13.5. The third-order valence-corrected chi connectivity index (χ3v) is 13.5. The topological polar surface area (TPSA) is 214 Å². The lowest BCUT2D eigenvalue weighted by Gasteiger charge is -2.65. The van der Waals surface area contributed by atoms with Crippen LogP contribution in [0.15, 0.2) is 23.8 Å². The molecule has 0 bridgehead atoms. The largest absolute Gasteiger partial charge is 0.394 e. The van der Waals surface area contributed by atoms with E-state index >= 15 is 0 Å². The second-order valence-corrected chi connectivity index (χ2v) is 17.2. The van der Waals surface area contributed by atoms with Gasteiger partial charge in [0.25, 0.3) is 0 Å². The zero-order chi connectivity index (χ0) is 36.2. The third kappa shape index (κ3) is 5.41. The molecule has 1 heterocycles. The highest BCUT2D eigenvalue weighted by molar-refractivity contribution is 5.97. The van der Waals surface area contributed by atoms with Crippen molar-refractivity contribution in [3.63, 3.8) is 0 Å². The Kier molecular flexibility index (Phi) is 9.42. The molecule has 12 heteroatoms. The summed E-state index contributed by atoms with van der Waals surface area (Å²) in [4.78, 5) is 28.1. The fourth-order valence-electron chi connectivity index (χ4n) is 10.6. The molecular weight excluding hydrogens is 624 g/mol. The van der Waals surface area contributed by atoms with Crippen LogP contribution in [0.3, 0.4) is 0 Å². The number of hydrogen-bond acceptors (Lipinski definition) is 12. The number of allylic oxidation sites excluding steroid dienone is 1. The molecule has 0 radical (unpaired) electrons. The van der Waals surface area contributed by atoms with Gasteiger partial charge in [0.1, 0.15) is 35.8 Å². The van der Waals surface area contributed by atoms with Crippen molar-refractivity contribution in [3.8, 4) is 0 Å². The maximum absolute atomic E-state index is 14.7. The highest BCUT2D eigenvalue weighted by Crippen LogP contribution is 2.74. The van der Waals surface area contributed by atoms with Gasteiger partial charge in [-0.1, -0.05) is 52.3 Å². The zero-order valence-electron chi connectivity index (χ0n) is 29.3. The molecule has 4 fully saturated rings. The molecule has 0 aromatic heterocycles. The summed E-state index contributed by atoms with van der Waals surface area (Å²) in [6.45, 7) is 13.3. The number of aliphatic hydroxyl groups is 8. The summed E-state index contributed by atoms with van der Waals surface area (Å²) < 4.78 is 11.8. The summed E-state index contributed by atoms with van der Waals surface area (Å²) in [7, 11) is 0. The van der Waals surface area contributed by atoms with Gasteiger partial charge in [0.05, 0.1) is 30.5 Å². The van der Waals surface area contributed by atoms with Gasteiger partial charge in [-0.15, -0.1) is 0 Å². The maximum atomic E-state index is 14.7. The molecule has 0 amide bonds. The minimum absolute atomic E-state index is 0.0120. The van der Waals surface area contributed by atoms with Crippen LogP contribution in [0.4, 0.5) is 0 Å². The molecule has 272 valence electrons. The molecule has 48 heavy (non-hydrogen) atoms. The van der Waals surface area contributed by atoms with Crippen molar-refractivity contribution < 1.29 is 59.9 Å². The van der Waals surface area contributed by atoms with E-state index in [2.05, 4.69) is 6.08 Å². The van der Waals surface area contributed by atoms with E-state index in [-0.39, 0.29) is 31.0 Å². The first-order chi connectivity index (χ1) is 21.9. The molecule has 12 nitrogen and oxygen atoms in total. The second kappa shape index (κ2) is 12.0. The predicted molar refractivity (Wildman–Crippen MR) is 172 cm³/mol. The molecule has 3 saturated carbocycles. The Morgan fingerprint density at radius 3 is 2.21 bits per heavy atom. The molecule has 8 N–H and O–H groups in total. The van der Waals surface area contributed by atoms with E-state index in [0.29, 0.717) is 6.42 Å². The van der Waals surface area contributed by atoms with Crippen molar-refractivity contribution in [2.75, 3.05) is 6.61 Å². The number of carbonyl (C=O) groups excluding carboxylic acids is 2. The van der Waals surface area contributed by atoms with E-state index in [1.54, 1.807) is 0 Å². The Labute approximate surface area is 282 Å². The summed E-state index contributed by atoms with van der Waals surface area (Å²) in [6.07, 6.45) is -5.31. The fourth-order valence-corrected chi connectivity index (χ4v) is 10.6. The van der Waals surface area contributed by atoms with E-state index < -0.39 is 106 Å². The molecule has 5 aliphatic rings. The molecule has 5 rings (SSSR count). The summed E-state index contributed by atoms with van der Waals surface area (Å²) in [5.41, 5.74) is -5.97.